The second-order valence-corrected chi connectivity index (χ2v) is 6.71. The van der Waals surface area contributed by atoms with E-state index in [1.807, 2.05) is 26.0 Å². The second kappa shape index (κ2) is 7.78. The molecule has 1 atom stereocenters. The summed E-state index contributed by atoms with van der Waals surface area (Å²) in [6.45, 7) is 5.89. The normalized spacial score (nSPS) is 18.3. The van der Waals surface area contributed by atoms with Gasteiger partial charge in [-0.2, -0.15) is 0 Å². The number of likely N-dealkylation sites (tertiary alicyclic amines) is 1. The van der Waals surface area contributed by atoms with E-state index in [-0.39, 0.29) is 24.2 Å². The maximum atomic E-state index is 13.8. The molecule has 0 radical (unpaired) electrons. The summed E-state index contributed by atoms with van der Waals surface area (Å²) in [7, 11) is 0. The molecular weight excluding hydrogens is 321 g/mol. The van der Waals surface area contributed by atoms with Crippen LogP contribution in [0.15, 0.2) is 28.8 Å². The molecule has 1 aliphatic rings. The van der Waals surface area contributed by atoms with Gasteiger partial charge < -0.3 is 9.84 Å². The van der Waals surface area contributed by atoms with Crippen LogP contribution in [0.1, 0.15) is 35.4 Å². The first-order chi connectivity index (χ1) is 12.0. The van der Waals surface area contributed by atoms with Gasteiger partial charge in [0.15, 0.2) is 0 Å². The third-order valence-corrected chi connectivity index (χ3v) is 4.74. The molecule has 2 aromatic rings. The largest absolute Gasteiger partial charge is 0.361 e. The number of aryl methyl sites for hydroxylation is 2. The van der Waals surface area contributed by atoms with Gasteiger partial charge in [0.2, 0.25) is 5.91 Å². The standard InChI is InChI=1S/C19H24FN3O2/c1-13-17(14(2)25-22-13)10-19(24)21-16-7-5-9-23(12-16)11-15-6-3-4-8-18(15)20/h3-4,6,8,16H,5,7,9-12H2,1-2H3,(H,21,24)/t16-/m1/s1. The SMILES string of the molecule is Cc1noc(C)c1CC(=O)N[C@@H]1CCCN(Cc2ccccc2F)C1. The van der Waals surface area contributed by atoms with E-state index in [0.717, 1.165) is 37.2 Å². The number of benzene rings is 1. The topological polar surface area (TPSA) is 58.4 Å². The van der Waals surface area contributed by atoms with Gasteiger partial charge >= 0.3 is 0 Å². The summed E-state index contributed by atoms with van der Waals surface area (Å²) in [5.74, 6) is 0.497. The van der Waals surface area contributed by atoms with E-state index in [1.54, 1.807) is 6.07 Å². The number of piperidine rings is 1. The van der Waals surface area contributed by atoms with E-state index in [1.165, 1.54) is 6.07 Å². The van der Waals surface area contributed by atoms with Gasteiger partial charge in [-0.25, -0.2) is 4.39 Å². The molecule has 3 rings (SSSR count). The van der Waals surface area contributed by atoms with Crippen LogP contribution >= 0.6 is 0 Å². The predicted molar refractivity (Wildman–Crippen MR) is 92.5 cm³/mol. The third-order valence-electron chi connectivity index (χ3n) is 4.74. The molecule has 0 unspecified atom stereocenters. The number of carbonyl (C=O) groups excluding carboxylic acids is 1. The van der Waals surface area contributed by atoms with Crippen LogP contribution in [0.4, 0.5) is 4.39 Å². The number of halogens is 1. The van der Waals surface area contributed by atoms with Crippen molar-refractivity contribution in [2.75, 3.05) is 13.1 Å². The van der Waals surface area contributed by atoms with Gasteiger partial charge in [0.25, 0.3) is 0 Å². The first-order valence-corrected chi connectivity index (χ1v) is 8.70. The summed E-state index contributed by atoms with van der Waals surface area (Å²) in [5.41, 5.74) is 2.32. The quantitative estimate of drug-likeness (QED) is 0.905. The van der Waals surface area contributed by atoms with Gasteiger partial charge in [-0.3, -0.25) is 9.69 Å². The van der Waals surface area contributed by atoms with Crippen LogP contribution in [0.3, 0.4) is 0 Å². The Kier molecular flexibility index (Phi) is 5.48. The highest BCUT2D eigenvalue weighted by Gasteiger charge is 2.23. The Hall–Kier alpha value is -2.21. The molecule has 6 heteroatoms. The molecule has 0 bridgehead atoms. The molecule has 25 heavy (non-hydrogen) atoms. The Labute approximate surface area is 147 Å². The fraction of sp³-hybridized carbons (Fsp3) is 0.474. The first-order valence-electron chi connectivity index (χ1n) is 8.70. The number of hydrogen-bond donors (Lipinski definition) is 1. The second-order valence-electron chi connectivity index (χ2n) is 6.71. The van der Waals surface area contributed by atoms with Gasteiger partial charge in [0.05, 0.1) is 12.1 Å². The molecule has 0 aliphatic carbocycles. The first kappa shape index (κ1) is 17.6. The Morgan fingerprint density at radius 2 is 2.20 bits per heavy atom. The van der Waals surface area contributed by atoms with Crippen LogP contribution in [0, 0.1) is 19.7 Å². The number of hydrogen-bond acceptors (Lipinski definition) is 4. The zero-order valence-corrected chi connectivity index (χ0v) is 14.7. The Balaban J connectivity index is 1.55. The lowest BCUT2D eigenvalue weighted by Gasteiger charge is -2.33. The molecule has 1 amide bonds. The summed E-state index contributed by atoms with van der Waals surface area (Å²) in [4.78, 5) is 14.5. The molecule has 1 saturated heterocycles. The summed E-state index contributed by atoms with van der Waals surface area (Å²) in [5, 5.41) is 6.98. The highest BCUT2D eigenvalue weighted by molar-refractivity contribution is 5.79. The van der Waals surface area contributed by atoms with E-state index in [0.29, 0.717) is 17.9 Å². The lowest BCUT2D eigenvalue weighted by atomic mass is 10.0. The van der Waals surface area contributed by atoms with Gasteiger partial charge in [-0.05, 0) is 39.3 Å². The van der Waals surface area contributed by atoms with Gasteiger partial charge in [-0.1, -0.05) is 23.4 Å². The fourth-order valence-electron chi connectivity index (χ4n) is 3.38. The predicted octanol–water partition coefficient (Wildman–Crippen LogP) is 2.75. The average molecular weight is 345 g/mol. The van der Waals surface area contributed by atoms with E-state index >= 15 is 0 Å². The van der Waals surface area contributed by atoms with Gasteiger partial charge in [0, 0.05) is 30.3 Å². The number of aromatic nitrogens is 1. The molecule has 134 valence electrons. The number of nitrogens with one attached hydrogen (secondary N) is 1. The minimum absolute atomic E-state index is 0.0212. The highest BCUT2D eigenvalue weighted by atomic mass is 19.1. The molecule has 1 aromatic carbocycles. The molecule has 1 aliphatic heterocycles. The fourth-order valence-corrected chi connectivity index (χ4v) is 3.38. The van der Waals surface area contributed by atoms with Crippen molar-refractivity contribution in [2.24, 2.45) is 0 Å². The van der Waals surface area contributed by atoms with Crippen LogP contribution in [-0.4, -0.2) is 35.1 Å². The van der Waals surface area contributed by atoms with Crippen LogP contribution in [-0.2, 0) is 17.8 Å². The number of rotatable bonds is 5. The van der Waals surface area contributed by atoms with E-state index in [4.69, 9.17) is 4.52 Å². The lowest BCUT2D eigenvalue weighted by Crippen LogP contribution is -2.47. The molecule has 0 spiro atoms. The smallest absolute Gasteiger partial charge is 0.224 e. The number of amides is 1. The maximum absolute atomic E-state index is 13.8. The van der Waals surface area contributed by atoms with Crippen molar-refractivity contribution < 1.29 is 13.7 Å². The van der Waals surface area contributed by atoms with Crippen LogP contribution in [0.2, 0.25) is 0 Å². The molecule has 1 N–H and O–H groups in total. The van der Waals surface area contributed by atoms with Crippen molar-refractivity contribution in [1.82, 2.24) is 15.4 Å². The van der Waals surface area contributed by atoms with Crippen LogP contribution in [0.5, 0.6) is 0 Å². The molecule has 5 nitrogen and oxygen atoms in total. The van der Waals surface area contributed by atoms with E-state index in [2.05, 4.69) is 15.4 Å². The third kappa shape index (κ3) is 4.45. The Morgan fingerprint density at radius 3 is 2.92 bits per heavy atom. The van der Waals surface area contributed by atoms with Gasteiger partial charge in [0.1, 0.15) is 11.6 Å². The van der Waals surface area contributed by atoms with Crippen molar-refractivity contribution >= 4 is 5.91 Å². The van der Waals surface area contributed by atoms with Crippen molar-refractivity contribution in [3.05, 3.63) is 52.7 Å². The minimum atomic E-state index is -0.174. The average Bonchev–Trinajstić information content (AvgIpc) is 2.89. The number of carbonyl (C=O) groups is 1. The number of nitrogens with zero attached hydrogens (tertiary/aromatic N) is 2. The molecule has 1 fully saturated rings. The monoisotopic (exact) mass is 345 g/mol. The van der Waals surface area contributed by atoms with Gasteiger partial charge in [-0.15, -0.1) is 0 Å². The van der Waals surface area contributed by atoms with Crippen molar-refractivity contribution in [1.29, 1.82) is 0 Å². The summed E-state index contributed by atoms with van der Waals surface area (Å²) < 4.78 is 18.9. The molecule has 0 saturated carbocycles. The molecule has 1 aromatic heterocycles. The zero-order valence-electron chi connectivity index (χ0n) is 14.7. The van der Waals surface area contributed by atoms with Crippen molar-refractivity contribution in [3.8, 4) is 0 Å². The molecule has 2 heterocycles. The summed E-state index contributed by atoms with van der Waals surface area (Å²) in [6.07, 6.45) is 2.22. The zero-order chi connectivity index (χ0) is 17.8. The van der Waals surface area contributed by atoms with Crippen LogP contribution in [0.25, 0.3) is 0 Å². The Morgan fingerprint density at radius 1 is 1.40 bits per heavy atom. The minimum Gasteiger partial charge on any atom is -0.361 e. The highest BCUT2D eigenvalue weighted by Crippen LogP contribution is 2.17. The van der Waals surface area contributed by atoms with E-state index < -0.39 is 0 Å². The van der Waals surface area contributed by atoms with Crippen molar-refractivity contribution in [2.45, 2.75) is 45.7 Å². The molecular formula is C19H24FN3O2. The van der Waals surface area contributed by atoms with Crippen LogP contribution < -0.4 is 5.32 Å². The lowest BCUT2D eigenvalue weighted by molar-refractivity contribution is -0.121. The summed E-state index contributed by atoms with van der Waals surface area (Å²) >= 11 is 0. The summed E-state index contributed by atoms with van der Waals surface area (Å²) in [6, 6.07) is 6.95. The van der Waals surface area contributed by atoms with Crippen molar-refractivity contribution in [3.63, 3.8) is 0 Å². The Bertz CT molecular complexity index is 725. The maximum Gasteiger partial charge on any atom is 0.224 e. The van der Waals surface area contributed by atoms with E-state index in [9.17, 15) is 9.18 Å².